The number of rotatable bonds is 5. The summed E-state index contributed by atoms with van der Waals surface area (Å²) in [4.78, 5) is 23.0. The van der Waals surface area contributed by atoms with Crippen molar-refractivity contribution in [2.75, 3.05) is 11.9 Å². The van der Waals surface area contributed by atoms with Crippen LogP contribution in [0.5, 0.6) is 5.75 Å². The van der Waals surface area contributed by atoms with Crippen LogP contribution in [0.4, 0.5) is 18.9 Å². The van der Waals surface area contributed by atoms with E-state index in [-0.39, 0.29) is 23.1 Å². The molecule has 3 rings (SSSR count). The first-order valence-corrected chi connectivity index (χ1v) is 8.01. The molecular weight excluding hydrogens is 365 g/mol. The lowest BCUT2D eigenvalue weighted by molar-refractivity contribution is -0.274. The second-order valence-electron chi connectivity index (χ2n) is 5.93. The molecule has 1 fully saturated rings. The normalized spacial score (nSPS) is 16.3. The SMILES string of the molecule is O=C(O)c1ccc(-c2cc(NC(=O)C3CCN3)ccc2OC(F)(F)F)cc1. The zero-order valence-electron chi connectivity index (χ0n) is 13.8. The Morgan fingerprint density at radius 2 is 1.81 bits per heavy atom. The summed E-state index contributed by atoms with van der Waals surface area (Å²) in [6, 6.07) is 8.76. The van der Waals surface area contributed by atoms with Gasteiger partial charge in [-0.25, -0.2) is 4.79 Å². The largest absolute Gasteiger partial charge is 0.573 e. The van der Waals surface area contributed by atoms with Gasteiger partial charge in [0.25, 0.3) is 0 Å². The molecule has 9 heteroatoms. The highest BCUT2D eigenvalue weighted by Gasteiger charge is 2.32. The van der Waals surface area contributed by atoms with E-state index < -0.39 is 18.1 Å². The van der Waals surface area contributed by atoms with Crippen LogP contribution in [0.25, 0.3) is 11.1 Å². The number of carboxylic acids is 1. The first-order chi connectivity index (χ1) is 12.7. The van der Waals surface area contributed by atoms with Crippen LogP contribution >= 0.6 is 0 Å². The van der Waals surface area contributed by atoms with Gasteiger partial charge in [0, 0.05) is 11.3 Å². The highest BCUT2D eigenvalue weighted by Crippen LogP contribution is 2.36. The van der Waals surface area contributed by atoms with Gasteiger partial charge < -0.3 is 20.5 Å². The second kappa shape index (κ2) is 7.28. The quantitative estimate of drug-likeness (QED) is 0.741. The van der Waals surface area contributed by atoms with Crippen LogP contribution in [-0.2, 0) is 4.79 Å². The van der Waals surface area contributed by atoms with Gasteiger partial charge in [0.2, 0.25) is 5.91 Å². The third-order valence-corrected chi connectivity index (χ3v) is 4.06. The van der Waals surface area contributed by atoms with Crippen LogP contribution in [0.2, 0.25) is 0 Å². The fraction of sp³-hybridized carbons (Fsp3) is 0.222. The zero-order valence-corrected chi connectivity index (χ0v) is 13.8. The molecule has 0 saturated carbocycles. The average molecular weight is 380 g/mol. The maximum absolute atomic E-state index is 12.7. The molecular formula is C18H15F3N2O4. The maximum atomic E-state index is 12.7. The van der Waals surface area contributed by atoms with Gasteiger partial charge in [-0.05, 0) is 48.9 Å². The molecule has 1 heterocycles. The van der Waals surface area contributed by atoms with Gasteiger partial charge in [0.1, 0.15) is 5.75 Å². The van der Waals surface area contributed by atoms with Crippen LogP contribution in [0.3, 0.4) is 0 Å². The maximum Gasteiger partial charge on any atom is 0.573 e. The number of carbonyl (C=O) groups is 2. The Balaban J connectivity index is 1.94. The van der Waals surface area contributed by atoms with E-state index in [1.165, 1.54) is 36.4 Å². The number of amides is 1. The Kier molecular flexibility index (Phi) is 5.04. The number of nitrogens with one attached hydrogen (secondary N) is 2. The Morgan fingerprint density at radius 3 is 2.33 bits per heavy atom. The van der Waals surface area contributed by atoms with Gasteiger partial charge in [-0.15, -0.1) is 13.2 Å². The van der Waals surface area contributed by atoms with Crippen molar-refractivity contribution in [2.45, 2.75) is 18.8 Å². The van der Waals surface area contributed by atoms with Crippen LogP contribution < -0.4 is 15.4 Å². The molecule has 1 aliphatic rings. The van der Waals surface area contributed by atoms with Gasteiger partial charge in [-0.3, -0.25) is 4.79 Å². The van der Waals surface area contributed by atoms with Crippen molar-refractivity contribution < 1.29 is 32.6 Å². The summed E-state index contributed by atoms with van der Waals surface area (Å²) in [5, 5.41) is 14.5. The predicted molar refractivity (Wildman–Crippen MR) is 90.6 cm³/mol. The molecule has 0 bridgehead atoms. The minimum Gasteiger partial charge on any atom is -0.478 e. The molecule has 1 atom stereocenters. The Bertz CT molecular complexity index is 862. The molecule has 1 amide bonds. The number of carbonyl (C=O) groups excluding carboxylic acids is 1. The number of benzene rings is 2. The van der Waals surface area contributed by atoms with Crippen LogP contribution in [-0.4, -0.2) is 35.9 Å². The molecule has 0 radical (unpaired) electrons. The van der Waals surface area contributed by atoms with E-state index in [9.17, 15) is 22.8 Å². The lowest BCUT2D eigenvalue weighted by Gasteiger charge is -2.26. The molecule has 3 N–H and O–H groups in total. The topological polar surface area (TPSA) is 87.7 Å². The Hall–Kier alpha value is -3.07. The molecule has 142 valence electrons. The van der Waals surface area contributed by atoms with Crippen molar-refractivity contribution in [3.63, 3.8) is 0 Å². The van der Waals surface area contributed by atoms with Crippen molar-refractivity contribution in [1.29, 1.82) is 0 Å². The van der Waals surface area contributed by atoms with Gasteiger partial charge in [0.05, 0.1) is 11.6 Å². The van der Waals surface area contributed by atoms with Crippen LogP contribution in [0.1, 0.15) is 16.8 Å². The second-order valence-corrected chi connectivity index (χ2v) is 5.93. The van der Waals surface area contributed by atoms with E-state index in [1.807, 2.05) is 0 Å². The lowest BCUT2D eigenvalue weighted by Crippen LogP contribution is -2.50. The highest BCUT2D eigenvalue weighted by molar-refractivity contribution is 5.96. The Morgan fingerprint density at radius 1 is 1.15 bits per heavy atom. The van der Waals surface area contributed by atoms with Gasteiger partial charge >= 0.3 is 12.3 Å². The summed E-state index contributed by atoms with van der Waals surface area (Å²) in [5.41, 5.74) is 0.693. The molecule has 0 aliphatic carbocycles. The van der Waals surface area contributed by atoms with Crippen molar-refractivity contribution in [1.82, 2.24) is 5.32 Å². The summed E-state index contributed by atoms with van der Waals surface area (Å²) in [5.74, 6) is -1.88. The number of halogens is 3. The lowest BCUT2D eigenvalue weighted by atomic mass is 10.0. The first kappa shape index (κ1) is 18.7. The summed E-state index contributed by atoms with van der Waals surface area (Å²) < 4.78 is 42.2. The molecule has 6 nitrogen and oxygen atoms in total. The molecule has 1 unspecified atom stereocenters. The molecule has 1 saturated heterocycles. The molecule has 2 aromatic carbocycles. The molecule has 0 aromatic heterocycles. The number of hydrogen-bond acceptors (Lipinski definition) is 4. The number of hydrogen-bond donors (Lipinski definition) is 3. The number of anilines is 1. The van der Waals surface area contributed by atoms with Crippen molar-refractivity contribution >= 4 is 17.6 Å². The van der Waals surface area contributed by atoms with Crippen molar-refractivity contribution in [2.24, 2.45) is 0 Å². The summed E-state index contributed by atoms with van der Waals surface area (Å²) in [6.07, 6.45) is -4.21. The van der Waals surface area contributed by atoms with Gasteiger partial charge in [-0.2, -0.15) is 0 Å². The predicted octanol–water partition coefficient (Wildman–Crippen LogP) is 3.25. The summed E-state index contributed by atoms with van der Waals surface area (Å²) in [7, 11) is 0. The first-order valence-electron chi connectivity index (χ1n) is 8.01. The molecule has 0 spiro atoms. The summed E-state index contributed by atoms with van der Waals surface area (Å²) >= 11 is 0. The fourth-order valence-electron chi connectivity index (χ4n) is 2.58. The highest BCUT2D eigenvalue weighted by atomic mass is 19.4. The summed E-state index contributed by atoms with van der Waals surface area (Å²) in [6.45, 7) is 0.734. The minimum absolute atomic E-state index is 0.00226. The minimum atomic E-state index is -4.89. The van der Waals surface area contributed by atoms with E-state index >= 15 is 0 Å². The van der Waals surface area contributed by atoms with Crippen LogP contribution in [0.15, 0.2) is 42.5 Å². The van der Waals surface area contributed by atoms with E-state index in [0.717, 1.165) is 12.6 Å². The third-order valence-electron chi connectivity index (χ3n) is 4.06. The van der Waals surface area contributed by atoms with Gasteiger partial charge in [0.15, 0.2) is 0 Å². The van der Waals surface area contributed by atoms with E-state index in [4.69, 9.17) is 5.11 Å². The number of ether oxygens (including phenoxy) is 1. The van der Waals surface area contributed by atoms with E-state index in [0.29, 0.717) is 17.7 Å². The van der Waals surface area contributed by atoms with Crippen LogP contribution in [0, 0.1) is 0 Å². The standard InChI is InChI=1S/C18H15F3N2O4/c19-18(20,21)27-15-6-5-12(23-16(24)14-7-8-22-14)9-13(15)10-1-3-11(4-2-10)17(25)26/h1-6,9,14,22H,7-8H2,(H,23,24)(H,25,26). The molecule has 1 aliphatic heterocycles. The van der Waals surface area contributed by atoms with Crippen molar-refractivity contribution in [3.8, 4) is 16.9 Å². The monoisotopic (exact) mass is 380 g/mol. The number of aromatic carboxylic acids is 1. The van der Waals surface area contributed by atoms with E-state index in [2.05, 4.69) is 15.4 Å². The number of carboxylic acid groups (broad SMARTS) is 1. The van der Waals surface area contributed by atoms with Gasteiger partial charge in [-0.1, -0.05) is 12.1 Å². The Labute approximate surface area is 151 Å². The molecule has 27 heavy (non-hydrogen) atoms. The number of alkyl halides is 3. The smallest absolute Gasteiger partial charge is 0.478 e. The van der Waals surface area contributed by atoms with E-state index in [1.54, 1.807) is 0 Å². The molecule has 2 aromatic rings. The zero-order chi connectivity index (χ0) is 19.6. The van der Waals surface area contributed by atoms with Crippen molar-refractivity contribution in [3.05, 3.63) is 48.0 Å². The fourth-order valence-corrected chi connectivity index (χ4v) is 2.58. The third kappa shape index (κ3) is 4.56. The average Bonchev–Trinajstić information content (AvgIpc) is 2.53.